The molecule has 0 bridgehead atoms. The van der Waals surface area contributed by atoms with Crippen LogP contribution in [0.3, 0.4) is 0 Å². The summed E-state index contributed by atoms with van der Waals surface area (Å²) in [5.74, 6) is -0.195. The quantitative estimate of drug-likeness (QED) is 0.846. The van der Waals surface area contributed by atoms with E-state index in [0.29, 0.717) is 16.9 Å². The lowest BCUT2D eigenvalue weighted by Crippen LogP contribution is -1.99. The highest BCUT2D eigenvalue weighted by molar-refractivity contribution is 5.41. The molecular formula is C14H13F2NO. The summed E-state index contributed by atoms with van der Waals surface area (Å²) in [6.45, 7) is 1.96. The van der Waals surface area contributed by atoms with Crippen molar-refractivity contribution in [2.75, 3.05) is 5.73 Å². The van der Waals surface area contributed by atoms with Gasteiger partial charge in [-0.15, -0.1) is 0 Å². The first-order chi connectivity index (χ1) is 8.56. The lowest BCUT2D eigenvalue weighted by Gasteiger charge is -2.09. The number of nitrogens with two attached hydrogens (primary N) is 1. The first kappa shape index (κ1) is 12.4. The molecule has 0 atom stereocenters. The second-order valence-electron chi connectivity index (χ2n) is 4.05. The van der Waals surface area contributed by atoms with Crippen molar-refractivity contribution in [1.82, 2.24) is 0 Å². The molecule has 0 aliphatic heterocycles. The molecule has 2 aromatic rings. The zero-order valence-corrected chi connectivity index (χ0v) is 9.91. The molecular weight excluding hydrogens is 236 g/mol. The highest BCUT2D eigenvalue weighted by Gasteiger charge is 2.04. The van der Waals surface area contributed by atoms with Gasteiger partial charge < -0.3 is 10.5 Å². The van der Waals surface area contributed by atoms with E-state index < -0.39 is 5.82 Å². The summed E-state index contributed by atoms with van der Waals surface area (Å²) in [4.78, 5) is 0. The van der Waals surface area contributed by atoms with Gasteiger partial charge in [0.25, 0.3) is 0 Å². The van der Waals surface area contributed by atoms with Crippen molar-refractivity contribution in [2.45, 2.75) is 13.5 Å². The maximum Gasteiger partial charge on any atom is 0.146 e. The molecule has 2 aromatic carbocycles. The molecule has 0 saturated heterocycles. The minimum atomic E-state index is -0.466. The van der Waals surface area contributed by atoms with Gasteiger partial charge in [-0.3, -0.25) is 0 Å². The van der Waals surface area contributed by atoms with Crippen molar-refractivity contribution < 1.29 is 13.5 Å². The van der Waals surface area contributed by atoms with E-state index >= 15 is 0 Å². The van der Waals surface area contributed by atoms with Gasteiger partial charge >= 0.3 is 0 Å². The summed E-state index contributed by atoms with van der Waals surface area (Å²) < 4.78 is 31.6. The van der Waals surface area contributed by atoms with E-state index in [2.05, 4.69) is 0 Å². The van der Waals surface area contributed by atoms with Gasteiger partial charge in [-0.25, -0.2) is 8.78 Å². The van der Waals surface area contributed by atoms with Crippen molar-refractivity contribution in [1.29, 1.82) is 0 Å². The Hall–Kier alpha value is -2.10. The molecule has 0 heterocycles. The van der Waals surface area contributed by atoms with E-state index in [-0.39, 0.29) is 18.1 Å². The lowest BCUT2D eigenvalue weighted by atomic mass is 10.2. The minimum Gasteiger partial charge on any atom is -0.489 e. The van der Waals surface area contributed by atoms with E-state index in [1.807, 2.05) is 0 Å². The fourth-order valence-electron chi connectivity index (χ4n) is 1.60. The Kier molecular flexibility index (Phi) is 3.46. The zero-order chi connectivity index (χ0) is 13.1. The number of benzene rings is 2. The molecule has 0 saturated carbocycles. The number of aryl methyl sites for hydroxylation is 1. The highest BCUT2D eigenvalue weighted by atomic mass is 19.1. The molecule has 0 aromatic heterocycles. The fraction of sp³-hybridized carbons (Fsp3) is 0.143. The van der Waals surface area contributed by atoms with Gasteiger partial charge in [0, 0.05) is 0 Å². The lowest BCUT2D eigenvalue weighted by molar-refractivity contribution is 0.303. The largest absolute Gasteiger partial charge is 0.489 e. The molecule has 18 heavy (non-hydrogen) atoms. The van der Waals surface area contributed by atoms with Crippen molar-refractivity contribution in [3.05, 3.63) is 59.2 Å². The topological polar surface area (TPSA) is 35.2 Å². The first-order valence-electron chi connectivity index (χ1n) is 5.49. The van der Waals surface area contributed by atoms with E-state index in [4.69, 9.17) is 10.5 Å². The molecule has 0 radical (unpaired) electrons. The van der Waals surface area contributed by atoms with Crippen LogP contribution in [0.4, 0.5) is 14.5 Å². The Morgan fingerprint density at radius 1 is 1.11 bits per heavy atom. The number of nitrogen functional groups attached to an aromatic ring is 1. The number of hydrogen-bond acceptors (Lipinski definition) is 2. The van der Waals surface area contributed by atoms with Gasteiger partial charge in [-0.1, -0.05) is 6.07 Å². The summed E-state index contributed by atoms with van der Waals surface area (Å²) in [6.07, 6.45) is 0. The first-order valence-corrected chi connectivity index (χ1v) is 5.49. The minimum absolute atomic E-state index is 0.108. The Morgan fingerprint density at radius 2 is 1.89 bits per heavy atom. The molecule has 2 rings (SSSR count). The van der Waals surface area contributed by atoms with Crippen LogP contribution in [0.15, 0.2) is 36.4 Å². The molecule has 4 heteroatoms. The molecule has 2 nitrogen and oxygen atoms in total. The number of halogens is 2. The predicted octanol–water partition coefficient (Wildman–Crippen LogP) is 3.43. The molecule has 2 N–H and O–H groups in total. The van der Waals surface area contributed by atoms with Gasteiger partial charge in [0.15, 0.2) is 0 Å². The SMILES string of the molecule is Cc1cc(F)ccc1OCc1ccc(N)c(F)c1. The standard InChI is InChI=1S/C14H13F2NO/c1-9-6-11(15)3-5-14(9)18-8-10-2-4-13(17)12(16)7-10/h2-7H,8,17H2,1H3. The molecule has 0 unspecified atom stereocenters. The summed E-state index contributed by atoms with van der Waals surface area (Å²) in [5, 5.41) is 0. The second-order valence-corrected chi connectivity index (χ2v) is 4.05. The average molecular weight is 249 g/mol. The van der Waals surface area contributed by atoms with Crippen LogP contribution in [-0.4, -0.2) is 0 Å². The van der Waals surface area contributed by atoms with Crippen LogP contribution in [-0.2, 0) is 6.61 Å². The average Bonchev–Trinajstić information content (AvgIpc) is 2.32. The van der Waals surface area contributed by atoms with Gasteiger partial charge in [0.05, 0.1) is 5.69 Å². The second kappa shape index (κ2) is 5.04. The van der Waals surface area contributed by atoms with Gasteiger partial charge in [-0.2, -0.15) is 0 Å². The molecule has 0 amide bonds. The van der Waals surface area contributed by atoms with Crippen LogP contribution in [0.1, 0.15) is 11.1 Å². The van der Waals surface area contributed by atoms with Crippen LogP contribution >= 0.6 is 0 Å². The fourth-order valence-corrected chi connectivity index (χ4v) is 1.60. The van der Waals surface area contributed by atoms with Crippen molar-refractivity contribution in [3.8, 4) is 5.75 Å². The Bertz CT molecular complexity index is 570. The number of anilines is 1. The zero-order valence-electron chi connectivity index (χ0n) is 9.91. The van der Waals surface area contributed by atoms with Crippen LogP contribution < -0.4 is 10.5 Å². The van der Waals surface area contributed by atoms with Crippen LogP contribution in [0.25, 0.3) is 0 Å². The predicted molar refractivity (Wildman–Crippen MR) is 66.3 cm³/mol. The van der Waals surface area contributed by atoms with E-state index in [0.717, 1.165) is 0 Å². The third-order valence-corrected chi connectivity index (χ3v) is 2.60. The Labute approximate surface area is 104 Å². The van der Waals surface area contributed by atoms with Gasteiger partial charge in [0.1, 0.15) is 24.0 Å². The summed E-state index contributed by atoms with van der Waals surface area (Å²) >= 11 is 0. The molecule has 0 spiro atoms. The van der Waals surface area contributed by atoms with Gasteiger partial charge in [-0.05, 0) is 48.4 Å². The molecule has 0 aliphatic rings. The van der Waals surface area contributed by atoms with Crippen LogP contribution in [0.2, 0.25) is 0 Å². The molecule has 0 fully saturated rings. The van der Waals surface area contributed by atoms with Crippen molar-refractivity contribution in [3.63, 3.8) is 0 Å². The third kappa shape index (κ3) is 2.77. The number of hydrogen-bond donors (Lipinski definition) is 1. The normalized spacial score (nSPS) is 10.4. The maximum absolute atomic E-state index is 13.2. The monoisotopic (exact) mass is 249 g/mol. The van der Waals surface area contributed by atoms with Crippen LogP contribution in [0.5, 0.6) is 5.75 Å². The summed E-state index contributed by atoms with van der Waals surface area (Å²) in [6, 6.07) is 8.78. The maximum atomic E-state index is 13.2. The van der Waals surface area contributed by atoms with Crippen LogP contribution in [0, 0.1) is 18.6 Å². The van der Waals surface area contributed by atoms with E-state index in [1.54, 1.807) is 19.1 Å². The number of ether oxygens (including phenoxy) is 1. The smallest absolute Gasteiger partial charge is 0.146 e. The summed E-state index contributed by atoms with van der Waals surface area (Å²) in [7, 11) is 0. The molecule has 0 aliphatic carbocycles. The Balaban J connectivity index is 2.09. The molecule has 94 valence electrons. The van der Waals surface area contributed by atoms with Gasteiger partial charge in [0.2, 0.25) is 0 Å². The highest BCUT2D eigenvalue weighted by Crippen LogP contribution is 2.20. The number of rotatable bonds is 3. The van der Waals surface area contributed by atoms with E-state index in [1.165, 1.54) is 24.3 Å². The third-order valence-electron chi connectivity index (χ3n) is 2.60. The van der Waals surface area contributed by atoms with Crippen molar-refractivity contribution >= 4 is 5.69 Å². The van der Waals surface area contributed by atoms with E-state index in [9.17, 15) is 8.78 Å². The summed E-state index contributed by atoms with van der Waals surface area (Å²) in [5.41, 5.74) is 6.86. The van der Waals surface area contributed by atoms with Crippen molar-refractivity contribution in [2.24, 2.45) is 0 Å². The Morgan fingerprint density at radius 3 is 2.56 bits per heavy atom.